The van der Waals surface area contributed by atoms with Crippen LogP contribution in [0.15, 0.2) is 36.4 Å². The Morgan fingerprint density at radius 2 is 1.96 bits per heavy atom. The van der Waals surface area contributed by atoms with Gasteiger partial charge in [-0.1, -0.05) is 44.0 Å². The Balaban J connectivity index is 2.23. The minimum Gasteiger partial charge on any atom is -0.478 e. The van der Waals surface area contributed by atoms with E-state index in [4.69, 9.17) is 6.42 Å². The monoisotopic (exact) mass is 318 g/mol. The first-order valence-electron chi connectivity index (χ1n) is 7.86. The Labute approximate surface area is 141 Å². The van der Waals surface area contributed by atoms with E-state index < -0.39 is 5.97 Å². The number of rotatable bonds is 2. The van der Waals surface area contributed by atoms with E-state index in [1.165, 1.54) is 6.07 Å². The van der Waals surface area contributed by atoms with Crippen LogP contribution in [0.4, 0.5) is 0 Å². The van der Waals surface area contributed by atoms with E-state index in [-0.39, 0.29) is 16.8 Å². The van der Waals surface area contributed by atoms with Crippen LogP contribution in [0.1, 0.15) is 58.5 Å². The molecule has 1 aliphatic carbocycles. The molecular weight excluding hydrogens is 300 g/mol. The zero-order chi connectivity index (χ0) is 17.5. The number of ketones is 1. The number of fused-ring (bicyclic) bond motifs is 1. The molecule has 0 aromatic heterocycles. The normalized spacial score (nSPS) is 15.5. The molecule has 0 radical (unpaired) electrons. The molecule has 3 rings (SSSR count). The van der Waals surface area contributed by atoms with Gasteiger partial charge in [-0.15, -0.1) is 6.42 Å². The molecule has 0 heterocycles. The highest BCUT2D eigenvalue weighted by atomic mass is 16.4. The zero-order valence-electron chi connectivity index (χ0n) is 13.7. The van der Waals surface area contributed by atoms with Gasteiger partial charge in [0.1, 0.15) is 0 Å². The van der Waals surface area contributed by atoms with Crippen LogP contribution >= 0.6 is 0 Å². The van der Waals surface area contributed by atoms with Gasteiger partial charge in [0, 0.05) is 17.5 Å². The molecule has 0 unspecified atom stereocenters. The second-order valence-corrected chi connectivity index (χ2v) is 6.75. The lowest BCUT2D eigenvalue weighted by Crippen LogP contribution is -2.27. The van der Waals surface area contributed by atoms with Crippen molar-refractivity contribution in [2.75, 3.05) is 0 Å². The van der Waals surface area contributed by atoms with E-state index in [0.717, 1.165) is 23.1 Å². The summed E-state index contributed by atoms with van der Waals surface area (Å²) in [5.74, 6) is 1.62. The molecule has 24 heavy (non-hydrogen) atoms. The summed E-state index contributed by atoms with van der Waals surface area (Å²) in [5, 5.41) is 9.34. The highest BCUT2D eigenvalue weighted by Gasteiger charge is 2.32. The Hall–Kier alpha value is -2.86. The van der Waals surface area contributed by atoms with Crippen LogP contribution in [-0.2, 0) is 5.41 Å². The van der Waals surface area contributed by atoms with Gasteiger partial charge in [0.2, 0.25) is 0 Å². The summed E-state index contributed by atoms with van der Waals surface area (Å²) in [6, 6.07) is 10.7. The standard InChI is InChI=1S/C21H18O3/c1-4-14-15(6-5-7-16(14)20(23)24)13-8-9-17-18(12-13)21(2,3)11-10-19(17)22/h1,5-9,12H,10-11H2,2-3H3,(H,23,24). The van der Waals surface area contributed by atoms with Gasteiger partial charge in [0.15, 0.2) is 5.78 Å². The van der Waals surface area contributed by atoms with Gasteiger partial charge in [-0.2, -0.15) is 0 Å². The summed E-state index contributed by atoms with van der Waals surface area (Å²) in [6.45, 7) is 4.25. The van der Waals surface area contributed by atoms with Crippen LogP contribution in [0, 0.1) is 12.3 Å². The maximum atomic E-state index is 12.2. The maximum Gasteiger partial charge on any atom is 0.336 e. The Bertz CT molecular complexity index is 898. The Morgan fingerprint density at radius 3 is 2.62 bits per heavy atom. The van der Waals surface area contributed by atoms with Crippen molar-refractivity contribution in [2.24, 2.45) is 0 Å². The van der Waals surface area contributed by atoms with Crippen molar-refractivity contribution in [3.8, 4) is 23.5 Å². The van der Waals surface area contributed by atoms with Gasteiger partial charge in [-0.05, 0) is 40.7 Å². The number of terminal acetylenes is 1. The summed E-state index contributed by atoms with van der Waals surface area (Å²) in [5.41, 5.74) is 3.68. The number of carbonyl (C=O) groups excluding carboxylic acids is 1. The number of carboxylic acids is 1. The number of carbonyl (C=O) groups is 2. The molecule has 0 bridgehead atoms. The lowest BCUT2D eigenvalue weighted by molar-refractivity contribution is 0.0696. The average molecular weight is 318 g/mol. The molecular formula is C21H18O3. The van der Waals surface area contributed by atoms with E-state index in [1.54, 1.807) is 6.07 Å². The van der Waals surface area contributed by atoms with Crippen molar-refractivity contribution in [3.05, 3.63) is 58.7 Å². The molecule has 3 nitrogen and oxygen atoms in total. The van der Waals surface area contributed by atoms with Crippen LogP contribution in [0.2, 0.25) is 0 Å². The van der Waals surface area contributed by atoms with Crippen LogP contribution in [-0.4, -0.2) is 16.9 Å². The van der Waals surface area contributed by atoms with E-state index in [9.17, 15) is 14.7 Å². The van der Waals surface area contributed by atoms with Gasteiger partial charge < -0.3 is 5.11 Å². The number of hydrogen-bond donors (Lipinski definition) is 1. The quantitative estimate of drug-likeness (QED) is 0.841. The van der Waals surface area contributed by atoms with Crippen molar-refractivity contribution < 1.29 is 14.7 Å². The molecule has 2 aromatic carbocycles. The summed E-state index contributed by atoms with van der Waals surface area (Å²) in [6.07, 6.45) is 6.94. The van der Waals surface area contributed by atoms with Gasteiger partial charge >= 0.3 is 5.97 Å². The van der Waals surface area contributed by atoms with E-state index in [2.05, 4.69) is 19.8 Å². The first-order valence-corrected chi connectivity index (χ1v) is 7.86. The molecule has 2 aromatic rings. The Kier molecular flexibility index (Phi) is 3.77. The average Bonchev–Trinajstić information content (AvgIpc) is 2.57. The summed E-state index contributed by atoms with van der Waals surface area (Å²) < 4.78 is 0. The van der Waals surface area contributed by atoms with Crippen molar-refractivity contribution in [3.63, 3.8) is 0 Å². The topological polar surface area (TPSA) is 54.4 Å². The molecule has 0 fully saturated rings. The van der Waals surface area contributed by atoms with Crippen LogP contribution in [0.25, 0.3) is 11.1 Å². The predicted octanol–water partition coefficient (Wildman–Crippen LogP) is 4.29. The van der Waals surface area contributed by atoms with Gasteiger partial charge in [-0.3, -0.25) is 4.79 Å². The molecule has 1 N–H and O–H groups in total. The molecule has 1 aliphatic rings. The predicted molar refractivity (Wildman–Crippen MR) is 93.4 cm³/mol. The second-order valence-electron chi connectivity index (χ2n) is 6.75. The summed E-state index contributed by atoms with van der Waals surface area (Å²) in [4.78, 5) is 23.6. The zero-order valence-corrected chi connectivity index (χ0v) is 13.7. The number of benzene rings is 2. The molecule has 0 spiro atoms. The summed E-state index contributed by atoms with van der Waals surface area (Å²) in [7, 11) is 0. The molecule has 0 aliphatic heterocycles. The lowest BCUT2D eigenvalue weighted by atomic mass is 9.71. The van der Waals surface area contributed by atoms with Gasteiger partial charge in [0.25, 0.3) is 0 Å². The maximum absolute atomic E-state index is 12.2. The number of carboxylic acid groups (broad SMARTS) is 1. The van der Waals surface area contributed by atoms with Gasteiger partial charge in [0.05, 0.1) is 5.56 Å². The number of hydrogen-bond acceptors (Lipinski definition) is 2. The van der Waals surface area contributed by atoms with Crippen molar-refractivity contribution >= 4 is 11.8 Å². The second kappa shape index (κ2) is 5.65. The van der Waals surface area contributed by atoms with Crippen LogP contribution < -0.4 is 0 Å². The van der Waals surface area contributed by atoms with E-state index in [1.807, 2.05) is 24.3 Å². The first kappa shape index (κ1) is 16.0. The molecule has 0 saturated heterocycles. The van der Waals surface area contributed by atoms with Crippen LogP contribution in [0.3, 0.4) is 0 Å². The molecule has 3 heteroatoms. The fourth-order valence-corrected chi connectivity index (χ4v) is 3.34. The third-order valence-corrected chi connectivity index (χ3v) is 4.78. The number of Topliss-reactive ketones (excluding diaryl/α,β-unsaturated/α-hetero) is 1. The van der Waals surface area contributed by atoms with E-state index >= 15 is 0 Å². The third kappa shape index (κ3) is 2.51. The summed E-state index contributed by atoms with van der Waals surface area (Å²) >= 11 is 0. The first-order chi connectivity index (χ1) is 11.3. The van der Waals surface area contributed by atoms with Crippen molar-refractivity contribution in [1.82, 2.24) is 0 Å². The minimum atomic E-state index is -1.04. The fraction of sp³-hybridized carbons (Fsp3) is 0.238. The lowest BCUT2D eigenvalue weighted by Gasteiger charge is -2.32. The van der Waals surface area contributed by atoms with Crippen molar-refractivity contribution in [1.29, 1.82) is 0 Å². The molecule has 0 atom stereocenters. The molecule has 0 saturated carbocycles. The molecule has 120 valence electrons. The van der Waals surface area contributed by atoms with Gasteiger partial charge in [-0.25, -0.2) is 4.79 Å². The third-order valence-electron chi connectivity index (χ3n) is 4.78. The SMILES string of the molecule is C#Cc1c(C(=O)O)cccc1-c1ccc2c(c1)C(C)(C)CCC2=O. The fourth-order valence-electron chi connectivity index (χ4n) is 3.34. The Morgan fingerprint density at radius 1 is 1.21 bits per heavy atom. The molecule has 0 amide bonds. The highest BCUT2D eigenvalue weighted by Crippen LogP contribution is 2.39. The minimum absolute atomic E-state index is 0.0973. The van der Waals surface area contributed by atoms with E-state index in [0.29, 0.717) is 17.5 Å². The highest BCUT2D eigenvalue weighted by molar-refractivity contribution is 6.00. The number of aromatic carboxylic acids is 1. The van der Waals surface area contributed by atoms with Crippen molar-refractivity contribution in [2.45, 2.75) is 32.1 Å². The smallest absolute Gasteiger partial charge is 0.336 e. The largest absolute Gasteiger partial charge is 0.478 e. The van der Waals surface area contributed by atoms with Crippen LogP contribution in [0.5, 0.6) is 0 Å².